The second kappa shape index (κ2) is 5.25. The summed E-state index contributed by atoms with van der Waals surface area (Å²) >= 11 is 5.33. The van der Waals surface area contributed by atoms with Gasteiger partial charge in [-0.05, 0) is 68.1 Å². The quantitative estimate of drug-likeness (QED) is 0.815. The second-order valence-electron chi connectivity index (χ2n) is 6.32. The highest BCUT2D eigenvalue weighted by molar-refractivity contribution is 7.91. The Hall–Kier alpha value is -1.14. The van der Waals surface area contributed by atoms with Gasteiger partial charge in [-0.25, -0.2) is 8.42 Å². The number of hydrogen-bond donors (Lipinski definition) is 2. The fraction of sp³-hybridized carbons (Fsp3) is 0.533. The van der Waals surface area contributed by atoms with Crippen LogP contribution in [-0.2, 0) is 22.7 Å². The maximum Gasteiger partial charge on any atom is 0.171 e. The third-order valence-corrected chi connectivity index (χ3v) is 6.38. The van der Waals surface area contributed by atoms with Crippen LogP contribution < -0.4 is 10.6 Å². The summed E-state index contributed by atoms with van der Waals surface area (Å²) in [5, 5.41) is 6.84. The first-order chi connectivity index (χ1) is 9.85. The van der Waals surface area contributed by atoms with Gasteiger partial charge < -0.3 is 10.6 Å². The number of anilines is 1. The molecule has 1 heterocycles. The zero-order valence-corrected chi connectivity index (χ0v) is 13.7. The van der Waals surface area contributed by atoms with Crippen molar-refractivity contribution in [2.75, 3.05) is 16.8 Å². The summed E-state index contributed by atoms with van der Waals surface area (Å²) in [6.45, 7) is 1.91. The largest absolute Gasteiger partial charge is 0.356 e. The third-order valence-electron chi connectivity index (χ3n) is 4.27. The number of thiocarbonyl (C=S) groups is 1. The van der Waals surface area contributed by atoms with Crippen molar-refractivity contribution in [2.45, 2.75) is 38.1 Å². The molecule has 6 heteroatoms. The van der Waals surface area contributed by atoms with Crippen LogP contribution in [0.15, 0.2) is 18.2 Å². The zero-order chi connectivity index (χ0) is 15.1. The van der Waals surface area contributed by atoms with E-state index in [2.05, 4.69) is 22.8 Å². The maximum atomic E-state index is 11.6. The molecule has 0 unspecified atom stereocenters. The lowest BCUT2D eigenvalue weighted by molar-refractivity contribution is 0.474. The molecule has 0 spiro atoms. The van der Waals surface area contributed by atoms with Crippen LogP contribution in [0, 0.1) is 0 Å². The van der Waals surface area contributed by atoms with Crippen LogP contribution in [0.2, 0.25) is 0 Å². The molecule has 1 aromatic carbocycles. The van der Waals surface area contributed by atoms with E-state index in [1.54, 1.807) is 0 Å². The Labute approximate surface area is 131 Å². The minimum atomic E-state index is -2.93. The van der Waals surface area contributed by atoms with Crippen LogP contribution in [-0.4, -0.2) is 30.6 Å². The van der Waals surface area contributed by atoms with Crippen molar-refractivity contribution in [1.82, 2.24) is 5.32 Å². The molecule has 0 saturated carbocycles. The third kappa shape index (κ3) is 3.37. The molecule has 1 fully saturated rings. The number of hydrogen-bond acceptors (Lipinski definition) is 3. The summed E-state index contributed by atoms with van der Waals surface area (Å²) in [7, 11) is -2.93. The molecule has 1 aromatic rings. The minimum absolute atomic E-state index is 0.145. The number of rotatable bonds is 2. The average molecular weight is 324 g/mol. The first kappa shape index (κ1) is 14.8. The Kier molecular flexibility index (Phi) is 3.69. The fourth-order valence-corrected chi connectivity index (χ4v) is 5.65. The molecule has 0 bridgehead atoms. The highest BCUT2D eigenvalue weighted by atomic mass is 32.2. The lowest BCUT2D eigenvalue weighted by Gasteiger charge is -2.26. The summed E-state index contributed by atoms with van der Waals surface area (Å²) < 4.78 is 23.2. The van der Waals surface area contributed by atoms with Gasteiger partial charge in [0.25, 0.3) is 0 Å². The van der Waals surface area contributed by atoms with E-state index >= 15 is 0 Å². The molecule has 1 aliphatic heterocycles. The topological polar surface area (TPSA) is 58.2 Å². The molecule has 1 atom stereocenters. The molecular weight excluding hydrogens is 304 g/mol. The monoisotopic (exact) mass is 324 g/mol. The SMILES string of the molecule is C[C@]1(NC(=S)Nc2ccc3c(c2)CCC3)CCS(=O)(=O)C1. The van der Waals surface area contributed by atoms with Gasteiger partial charge in [-0.15, -0.1) is 0 Å². The maximum absolute atomic E-state index is 11.6. The van der Waals surface area contributed by atoms with Crippen molar-refractivity contribution in [3.63, 3.8) is 0 Å². The number of nitrogens with one attached hydrogen (secondary N) is 2. The number of sulfone groups is 1. The Bertz CT molecular complexity index is 685. The van der Waals surface area contributed by atoms with Crippen molar-refractivity contribution in [2.24, 2.45) is 0 Å². The lowest BCUT2D eigenvalue weighted by Crippen LogP contribution is -2.48. The van der Waals surface area contributed by atoms with E-state index in [4.69, 9.17) is 12.2 Å². The van der Waals surface area contributed by atoms with Gasteiger partial charge in [-0.2, -0.15) is 0 Å². The molecule has 114 valence electrons. The van der Waals surface area contributed by atoms with E-state index in [-0.39, 0.29) is 11.5 Å². The van der Waals surface area contributed by atoms with Crippen molar-refractivity contribution in [1.29, 1.82) is 0 Å². The van der Waals surface area contributed by atoms with Gasteiger partial charge in [-0.1, -0.05) is 6.07 Å². The summed E-state index contributed by atoms with van der Waals surface area (Å²) in [4.78, 5) is 0. The Morgan fingerprint density at radius 3 is 2.76 bits per heavy atom. The summed E-state index contributed by atoms with van der Waals surface area (Å²) in [6.07, 6.45) is 4.11. The van der Waals surface area contributed by atoms with Gasteiger partial charge in [0.1, 0.15) is 0 Å². The summed E-state index contributed by atoms with van der Waals surface area (Å²) in [6, 6.07) is 6.32. The van der Waals surface area contributed by atoms with Gasteiger partial charge in [-0.3, -0.25) is 0 Å². The Morgan fingerprint density at radius 2 is 2.05 bits per heavy atom. The molecule has 2 N–H and O–H groups in total. The van der Waals surface area contributed by atoms with Crippen LogP contribution in [0.25, 0.3) is 0 Å². The predicted molar refractivity (Wildman–Crippen MR) is 89.5 cm³/mol. The standard InChI is InChI=1S/C15H20N2O2S2/c1-15(7-8-21(18,19)10-15)17-14(20)16-13-6-5-11-3-2-4-12(11)9-13/h5-6,9H,2-4,7-8,10H2,1H3,(H2,16,17,20)/t15-/m0/s1. The summed E-state index contributed by atoms with van der Waals surface area (Å²) in [5.41, 5.74) is 3.32. The molecule has 3 rings (SSSR count). The first-order valence-electron chi connectivity index (χ1n) is 7.27. The van der Waals surface area contributed by atoms with Gasteiger partial charge in [0, 0.05) is 5.69 Å². The predicted octanol–water partition coefficient (Wildman–Crippen LogP) is 2.04. The molecule has 1 saturated heterocycles. The van der Waals surface area contributed by atoms with Crippen LogP contribution >= 0.6 is 12.2 Å². The molecule has 0 amide bonds. The fourth-order valence-electron chi connectivity index (χ4n) is 3.20. The van der Waals surface area contributed by atoms with Gasteiger partial charge >= 0.3 is 0 Å². The van der Waals surface area contributed by atoms with Crippen LogP contribution in [0.5, 0.6) is 0 Å². The van der Waals surface area contributed by atoms with Gasteiger partial charge in [0.2, 0.25) is 0 Å². The highest BCUT2D eigenvalue weighted by Gasteiger charge is 2.38. The van der Waals surface area contributed by atoms with E-state index in [0.717, 1.165) is 18.5 Å². The Balaban J connectivity index is 1.64. The van der Waals surface area contributed by atoms with Crippen LogP contribution in [0.3, 0.4) is 0 Å². The molecule has 1 aliphatic carbocycles. The Morgan fingerprint density at radius 1 is 1.29 bits per heavy atom. The van der Waals surface area contributed by atoms with E-state index in [9.17, 15) is 8.42 Å². The van der Waals surface area contributed by atoms with Crippen molar-refractivity contribution >= 4 is 32.9 Å². The van der Waals surface area contributed by atoms with E-state index < -0.39 is 15.4 Å². The number of aryl methyl sites for hydroxylation is 2. The van der Waals surface area contributed by atoms with Crippen LogP contribution in [0.4, 0.5) is 5.69 Å². The van der Waals surface area contributed by atoms with E-state index in [1.807, 2.05) is 13.0 Å². The lowest BCUT2D eigenvalue weighted by atomic mass is 10.0. The average Bonchev–Trinajstić information content (AvgIpc) is 2.92. The van der Waals surface area contributed by atoms with Crippen LogP contribution in [0.1, 0.15) is 30.9 Å². The van der Waals surface area contributed by atoms with Crippen molar-refractivity contribution in [3.8, 4) is 0 Å². The number of fused-ring (bicyclic) bond motifs is 1. The van der Waals surface area contributed by atoms with Crippen molar-refractivity contribution < 1.29 is 8.42 Å². The smallest absolute Gasteiger partial charge is 0.171 e. The minimum Gasteiger partial charge on any atom is -0.356 e. The van der Waals surface area contributed by atoms with Crippen molar-refractivity contribution in [3.05, 3.63) is 29.3 Å². The first-order valence-corrected chi connectivity index (χ1v) is 9.50. The normalized spacial score (nSPS) is 26.3. The zero-order valence-electron chi connectivity index (χ0n) is 12.1. The van der Waals surface area contributed by atoms with E-state index in [0.29, 0.717) is 11.5 Å². The highest BCUT2D eigenvalue weighted by Crippen LogP contribution is 2.26. The van der Waals surface area contributed by atoms with Gasteiger partial charge in [0.15, 0.2) is 14.9 Å². The molecule has 21 heavy (non-hydrogen) atoms. The molecule has 4 nitrogen and oxygen atoms in total. The van der Waals surface area contributed by atoms with Gasteiger partial charge in [0.05, 0.1) is 17.0 Å². The van der Waals surface area contributed by atoms with E-state index in [1.165, 1.54) is 17.5 Å². The second-order valence-corrected chi connectivity index (χ2v) is 8.91. The molecule has 0 radical (unpaired) electrons. The molecule has 2 aliphatic rings. The molecule has 0 aromatic heterocycles. The molecular formula is C15H20N2O2S2. The number of benzene rings is 1. The summed E-state index contributed by atoms with van der Waals surface area (Å²) in [5.74, 6) is 0.379.